The average molecular weight is 528 g/mol. The number of aromatic amines is 1. The van der Waals surface area contributed by atoms with Crippen molar-refractivity contribution in [2.45, 2.75) is 70.1 Å². The van der Waals surface area contributed by atoms with Crippen molar-refractivity contribution in [2.24, 2.45) is 5.92 Å². The Morgan fingerprint density at radius 3 is 2.45 bits per heavy atom. The number of hydrogen-bond acceptors (Lipinski definition) is 6. The van der Waals surface area contributed by atoms with Gasteiger partial charge < -0.3 is 15.5 Å². The van der Waals surface area contributed by atoms with Crippen LogP contribution < -0.4 is 15.5 Å². The quantitative estimate of drug-likeness (QED) is 0.354. The van der Waals surface area contributed by atoms with E-state index in [1.165, 1.54) is 36.2 Å². The number of rotatable bonds is 8. The third-order valence-electron chi connectivity index (χ3n) is 7.72. The van der Waals surface area contributed by atoms with Gasteiger partial charge >= 0.3 is 6.18 Å². The van der Waals surface area contributed by atoms with Crippen LogP contribution >= 0.6 is 0 Å². The van der Waals surface area contributed by atoms with Gasteiger partial charge in [-0.2, -0.15) is 23.3 Å². The number of anilines is 2. The number of nitrogens with zero attached hydrogens (tertiary/aromatic N) is 4. The molecule has 0 amide bonds. The summed E-state index contributed by atoms with van der Waals surface area (Å²) >= 11 is 0. The van der Waals surface area contributed by atoms with Crippen LogP contribution in [0, 0.1) is 5.92 Å². The predicted octanol–water partition coefficient (Wildman–Crippen LogP) is 5.59. The fourth-order valence-corrected chi connectivity index (χ4v) is 5.63. The second-order valence-electron chi connectivity index (χ2n) is 10.7. The smallest absolute Gasteiger partial charge is 0.362 e. The molecule has 38 heavy (non-hydrogen) atoms. The lowest BCUT2D eigenvalue weighted by atomic mass is 9.86. The van der Waals surface area contributed by atoms with E-state index in [-0.39, 0.29) is 0 Å². The Hall–Kier alpha value is -3.14. The first-order chi connectivity index (χ1) is 18.3. The predicted molar refractivity (Wildman–Crippen MR) is 143 cm³/mol. The third kappa shape index (κ3) is 6.11. The summed E-state index contributed by atoms with van der Waals surface area (Å²) in [5.74, 6) is 2.38. The average Bonchev–Trinajstić information content (AvgIpc) is 3.37. The second-order valence-corrected chi connectivity index (χ2v) is 10.7. The summed E-state index contributed by atoms with van der Waals surface area (Å²) in [5.41, 5.74) is 4.15. The lowest BCUT2D eigenvalue weighted by molar-refractivity contribution is -0.137. The van der Waals surface area contributed by atoms with Crippen molar-refractivity contribution < 1.29 is 13.2 Å². The standard InChI is InChI=1S/C28H36F3N7/c1-38(2)26-23-5-3-4-6-24(23)35-27(36-26)34-22-13-7-18(8-14-22)15-32-16-20-17-33-37-25(20)19-9-11-21(12-10-19)28(29,30)31/h9-12,17-18,22,32H,3-8,13-16H2,1-2H3,(H,33,37)(H,34,35,36). The highest BCUT2D eigenvalue weighted by atomic mass is 19.4. The maximum absolute atomic E-state index is 12.9. The van der Waals surface area contributed by atoms with Crippen LogP contribution in [0.2, 0.25) is 0 Å². The molecule has 0 aliphatic heterocycles. The molecule has 1 aromatic carbocycles. The summed E-state index contributed by atoms with van der Waals surface area (Å²) in [6, 6.07) is 5.53. The molecule has 0 spiro atoms. The van der Waals surface area contributed by atoms with Crippen molar-refractivity contribution in [3.63, 3.8) is 0 Å². The van der Waals surface area contributed by atoms with Gasteiger partial charge in [-0.3, -0.25) is 5.10 Å². The number of aryl methyl sites for hydroxylation is 1. The Bertz CT molecular complexity index is 1210. The molecule has 1 fully saturated rings. The molecule has 0 saturated heterocycles. The molecule has 0 radical (unpaired) electrons. The Balaban J connectivity index is 1.11. The first kappa shape index (κ1) is 26.5. The van der Waals surface area contributed by atoms with Gasteiger partial charge in [-0.1, -0.05) is 12.1 Å². The Morgan fingerprint density at radius 2 is 1.74 bits per heavy atom. The van der Waals surface area contributed by atoms with Crippen molar-refractivity contribution in [3.8, 4) is 11.3 Å². The van der Waals surface area contributed by atoms with Gasteiger partial charge in [-0.25, -0.2) is 4.98 Å². The van der Waals surface area contributed by atoms with Gasteiger partial charge in [0.05, 0.1) is 17.0 Å². The van der Waals surface area contributed by atoms with Crippen molar-refractivity contribution >= 4 is 11.8 Å². The highest BCUT2D eigenvalue weighted by molar-refractivity contribution is 5.63. The zero-order chi connectivity index (χ0) is 26.7. The molecular formula is C28H36F3N7. The van der Waals surface area contributed by atoms with Crippen LogP contribution in [0.4, 0.5) is 24.9 Å². The zero-order valence-electron chi connectivity index (χ0n) is 22.0. The zero-order valence-corrected chi connectivity index (χ0v) is 22.0. The summed E-state index contributed by atoms with van der Waals surface area (Å²) in [6.07, 6.45) is 6.35. The fourth-order valence-electron chi connectivity index (χ4n) is 5.63. The van der Waals surface area contributed by atoms with E-state index in [0.29, 0.717) is 29.8 Å². The van der Waals surface area contributed by atoms with Crippen molar-refractivity contribution in [2.75, 3.05) is 30.9 Å². The minimum absolute atomic E-state index is 0.378. The molecule has 7 nitrogen and oxygen atoms in total. The van der Waals surface area contributed by atoms with E-state index >= 15 is 0 Å². The number of aromatic nitrogens is 4. The van der Waals surface area contributed by atoms with Crippen molar-refractivity contribution in [3.05, 3.63) is 52.8 Å². The largest absolute Gasteiger partial charge is 0.416 e. The van der Waals surface area contributed by atoms with Crippen LogP contribution in [0.25, 0.3) is 11.3 Å². The number of H-pyrrole nitrogens is 1. The molecule has 3 N–H and O–H groups in total. The van der Waals surface area contributed by atoms with Gasteiger partial charge in [-0.05, 0) is 76.0 Å². The first-order valence-corrected chi connectivity index (χ1v) is 13.5. The minimum Gasteiger partial charge on any atom is -0.362 e. The summed E-state index contributed by atoms with van der Waals surface area (Å²) in [7, 11) is 4.10. The number of halogens is 3. The van der Waals surface area contributed by atoms with Crippen LogP contribution in [0.15, 0.2) is 30.5 Å². The first-order valence-electron chi connectivity index (χ1n) is 13.5. The van der Waals surface area contributed by atoms with E-state index in [1.807, 2.05) is 0 Å². The van der Waals surface area contributed by atoms with Crippen LogP contribution in [-0.4, -0.2) is 46.8 Å². The minimum atomic E-state index is -4.34. The Labute approximate surface area is 221 Å². The molecule has 5 rings (SSSR count). The summed E-state index contributed by atoms with van der Waals surface area (Å²) in [4.78, 5) is 11.8. The van der Waals surface area contributed by atoms with Gasteiger partial charge in [0.15, 0.2) is 0 Å². The molecule has 2 aliphatic rings. The van der Waals surface area contributed by atoms with E-state index in [0.717, 1.165) is 74.5 Å². The van der Waals surface area contributed by atoms with Crippen LogP contribution in [-0.2, 0) is 25.6 Å². The lowest BCUT2D eigenvalue weighted by Crippen LogP contribution is -2.32. The van der Waals surface area contributed by atoms with E-state index in [2.05, 4.69) is 39.8 Å². The SMILES string of the molecule is CN(C)c1nc(NC2CCC(CNCc3c[nH]nc3-c3ccc(C(F)(F)F)cc3)CC2)nc2c1CCCC2. The Kier molecular flexibility index (Phi) is 7.88. The van der Waals surface area contributed by atoms with E-state index < -0.39 is 11.7 Å². The molecule has 2 aliphatic carbocycles. The van der Waals surface area contributed by atoms with Crippen LogP contribution in [0.3, 0.4) is 0 Å². The molecule has 204 valence electrons. The highest BCUT2D eigenvalue weighted by Gasteiger charge is 2.30. The molecule has 3 aromatic rings. The van der Waals surface area contributed by atoms with Crippen molar-refractivity contribution in [1.29, 1.82) is 0 Å². The highest BCUT2D eigenvalue weighted by Crippen LogP contribution is 2.32. The number of hydrogen-bond donors (Lipinski definition) is 3. The van der Waals surface area contributed by atoms with Gasteiger partial charge in [0.25, 0.3) is 0 Å². The van der Waals surface area contributed by atoms with E-state index in [9.17, 15) is 13.2 Å². The topological polar surface area (TPSA) is 81.8 Å². The van der Waals surface area contributed by atoms with Gasteiger partial charge in [0, 0.05) is 49.6 Å². The van der Waals surface area contributed by atoms with E-state index in [1.54, 1.807) is 6.20 Å². The molecular weight excluding hydrogens is 491 g/mol. The summed E-state index contributed by atoms with van der Waals surface area (Å²) in [5, 5.41) is 14.3. The Morgan fingerprint density at radius 1 is 1.00 bits per heavy atom. The molecule has 0 atom stereocenters. The maximum atomic E-state index is 12.9. The molecule has 0 bridgehead atoms. The molecule has 1 saturated carbocycles. The third-order valence-corrected chi connectivity index (χ3v) is 7.72. The summed E-state index contributed by atoms with van der Waals surface area (Å²) in [6.45, 7) is 1.51. The summed E-state index contributed by atoms with van der Waals surface area (Å²) < 4.78 is 38.6. The van der Waals surface area contributed by atoms with Gasteiger partial charge in [0.1, 0.15) is 5.82 Å². The number of alkyl halides is 3. The monoisotopic (exact) mass is 527 g/mol. The normalized spacial score (nSPS) is 19.7. The lowest BCUT2D eigenvalue weighted by Gasteiger charge is -2.30. The number of fused-ring (bicyclic) bond motifs is 1. The van der Waals surface area contributed by atoms with Crippen LogP contribution in [0.1, 0.15) is 60.9 Å². The molecule has 0 unspecified atom stereocenters. The van der Waals surface area contributed by atoms with Crippen molar-refractivity contribution in [1.82, 2.24) is 25.5 Å². The molecule has 2 aromatic heterocycles. The molecule has 2 heterocycles. The van der Waals surface area contributed by atoms with Crippen LogP contribution in [0.5, 0.6) is 0 Å². The van der Waals surface area contributed by atoms with Gasteiger partial charge in [-0.15, -0.1) is 0 Å². The van der Waals surface area contributed by atoms with E-state index in [4.69, 9.17) is 9.97 Å². The molecule has 10 heteroatoms. The number of benzene rings is 1. The second kappa shape index (κ2) is 11.3. The van der Waals surface area contributed by atoms with Gasteiger partial charge in [0.2, 0.25) is 5.95 Å². The fraction of sp³-hybridized carbons (Fsp3) is 0.536. The maximum Gasteiger partial charge on any atom is 0.416 e. The number of nitrogens with one attached hydrogen (secondary N) is 3.